The normalized spacial score (nSPS) is 16.6. The van der Waals surface area contributed by atoms with Crippen molar-refractivity contribution in [1.29, 1.82) is 0 Å². The number of rotatable bonds is 4. The largest absolute Gasteiger partial charge is 0.497 e. The number of ether oxygens (including phenoxy) is 2. The average molecular weight is 379 g/mol. The molecular weight excluding hydrogens is 360 g/mol. The fraction of sp³-hybridized carbons (Fsp3) is 0.278. The van der Waals surface area contributed by atoms with E-state index >= 15 is 0 Å². The predicted molar refractivity (Wildman–Crippen MR) is 102 cm³/mol. The third-order valence-corrected chi connectivity index (χ3v) is 5.45. The highest BCUT2D eigenvalue weighted by molar-refractivity contribution is 7.99. The molecule has 1 aliphatic rings. The summed E-state index contributed by atoms with van der Waals surface area (Å²) >= 11 is 7.60. The third kappa shape index (κ3) is 3.96. The van der Waals surface area contributed by atoms with E-state index in [2.05, 4.69) is 5.32 Å². The van der Waals surface area contributed by atoms with Crippen molar-refractivity contribution in [3.8, 4) is 11.5 Å². The Hall–Kier alpha value is -2.05. The predicted octanol–water partition coefficient (Wildman–Crippen LogP) is 4.64. The van der Waals surface area contributed by atoms with E-state index in [0.717, 1.165) is 17.1 Å². The quantitative estimate of drug-likeness (QED) is 0.842. The van der Waals surface area contributed by atoms with Crippen LogP contribution in [0.15, 0.2) is 42.5 Å². The summed E-state index contributed by atoms with van der Waals surface area (Å²) in [5, 5.41) is 3.45. The van der Waals surface area contributed by atoms with E-state index in [0.29, 0.717) is 23.0 Å². The summed E-state index contributed by atoms with van der Waals surface area (Å²) in [6.07, 6.45) is 0. The number of hydrogen-bond acceptors (Lipinski definition) is 4. The van der Waals surface area contributed by atoms with Gasteiger partial charge in [0.2, 0.25) is 0 Å². The molecule has 5 nitrogen and oxygen atoms in total. The van der Waals surface area contributed by atoms with E-state index in [4.69, 9.17) is 21.1 Å². The zero-order chi connectivity index (χ0) is 17.8. The summed E-state index contributed by atoms with van der Waals surface area (Å²) in [6.45, 7) is 0.671. The number of halogens is 1. The fourth-order valence-corrected chi connectivity index (χ4v) is 4.09. The first-order valence-electron chi connectivity index (χ1n) is 7.79. The van der Waals surface area contributed by atoms with Crippen LogP contribution in [0.2, 0.25) is 5.02 Å². The topological polar surface area (TPSA) is 50.8 Å². The number of methoxy groups -OCH3 is 2. The summed E-state index contributed by atoms with van der Waals surface area (Å²) in [4.78, 5) is 14.5. The number of urea groups is 1. The molecule has 1 fully saturated rings. The molecular formula is C18H19ClN2O3S. The van der Waals surface area contributed by atoms with Gasteiger partial charge < -0.3 is 19.7 Å². The Morgan fingerprint density at radius 3 is 2.64 bits per heavy atom. The minimum atomic E-state index is -0.143. The second-order valence-electron chi connectivity index (χ2n) is 5.46. The number of hydrogen-bond donors (Lipinski definition) is 1. The molecule has 1 unspecified atom stereocenters. The Morgan fingerprint density at radius 1 is 1.20 bits per heavy atom. The van der Waals surface area contributed by atoms with Crippen molar-refractivity contribution in [2.45, 2.75) is 5.37 Å². The lowest BCUT2D eigenvalue weighted by molar-refractivity contribution is 0.213. The maximum absolute atomic E-state index is 12.7. The van der Waals surface area contributed by atoms with Gasteiger partial charge >= 0.3 is 6.03 Å². The standard InChI is InChI=1S/C18H19ClN2O3S/c1-23-14-7-8-15(16(11-14)24-2)17-21(9-10-25-17)18(22)20-13-5-3-12(19)4-6-13/h3-8,11,17H,9-10H2,1-2H3,(H,20,22). The van der Waals surface area contributed by atoms with E-state index in [9.17, 15) is 4.79 Å². The van der Waals surface area contributed by atoms with Crippen molar-refractivity contribution in [2.75, 3.05) is 31.8 Å². The molecule has 0 aliphatic carbocycles. The van der Waals surface area contributed by atoms with Gasteiger partial charge in [0.05, 0.1) is 14.2 Å². The molecule has 2 amide bonds. The van der Waals surface area contributed by atoms with Gasteiger partial charge in [-0.1, -0.05) is 11.6 Å². The van der Waals surface area contributed by atoms with Gasteiger partial charge in [-0.2, -0.15) is 0 Å². The zero-order valence-corrected chi connectivity index (χ0v) is 15.6. The Kier molecular flexibility index (Phi) is 5.60. The van der Waals surface area contributed by atoms with Gasteiger partial charge in [-0.25, -0.2) is 4.79 Å². The minimum absolute atomic E-state index is 0.104. The van der Waals surface area contributed by atoms with Gasteiger partial charge in [0, 0.05) is 34.6 Å². The summed E-state index contributed by atoms with van der Waals surface area (Å²) < 4.78 is 10.7. The van der Waals surface area contributed by atoms with Crippen molar-refractivity contribution in [3.05, 3.63) is 53.1 Å². The van der Waals surface area contributed by atoms with E-state index < -0.39 is 0 Å². The van der Waals surface area contributed by atoms with Gasteiger partial charge in [0.1, 0.15) is 16.9 Å². The lowest BCUT2D eigenvalue weighted by atomic mass is 10.1. The summed E-state index contributed by atoms with van der Waals surface area (Å²) in [7, 11) is 3.24. The number of nitrogens with zero attached hydrogens (tertiary/aromatic N) is 1. The molecule has 0 radical (unpaired) electrons. The number of carbonyl (C=O) groups is 1. The van der Waals surface area contributed by atoms with E-state index in [1.165, 1.54) is 0 Å². The minimum Gasteiger partial charge on any atom is -0.497 e. The fourth-order valence-electron chi connectivity index (χ4n) is 2.69. The monoisotopic (exact) mass is 378 g/mol. The van der Waals surface area contributed by atoms with Gasteiger partial charge in [-0.15, -0.1) is 11.8 Å². The van der Waals surface area contributed by atoms with Crippen molar-refractivity contribution in [1.82, 2.24) is 4.90 Å². The Bertz CT molecular complexity index is 754. The van der Waals surface area contributed by atoms with Crippen molar-refractivity contribution in [3.63, 3.8) is 0 Å². The highest BCUT2D eigenvalue weighted by Crippen LogP contribution is 2.43. The molecule has 0 spiro atoms. The summed E-state index contributed by atoms with van der Waals surface area (Å²) in [5.41, 5.74) is 1.67. The van der Waals surface area contributed by atoms with Crippen LogP contribution in [0.1, 0.15) is 10.9 Å². The zero-order valence-electron chi connectivity index (χ0n) is 14.0. The molecule has 3 rings (SSSR count). The average Bonchev–Trinajstić information content (AvgIpc) is 3.12. The number of carbonyl (C=O) groups excluding carboxylic acids is 1. The number of anilines is 1. The number of thioether (sulfide) groups is 1. The van der Waals surface area contributed by atoms with Crippen LogP contribution in [0.25, 0.3) is 0 Å². The molecule has 0 saturated carbocycles. The number of benzene rings is 2. The molecule has 132 valence electrons. The van der Waals surface area contributed by atoms with Crippen LogP contribution in [0.3, 0.4) is 0 Å². The molecule has 2 aromatic rings. The molecule has 25 heavy (non-hydrogen) atoms. The van der Waals surface area contributed by atoms with E-state index in [-0.39, 0.29) is 11.4 Å². The maximum atomic E-state index is 12.7. The summed E-state index contributed by atoms with van der Waals surface area (Å²) in [6, 6.07) is 12.6. The van der Waals surface area contributed by atoms with Crippen LogP contribution in [0.5, 0.6) is 11.5 Å². The molecule has 1 heterocycles. The van der Waals surface area contributed by atoms with Gasteiger partial charge in [0.25, 0.3) is 0 Å². The summed E-state index contributed by atoms with van der Waals surface area (Å²) in [5.74, 6) is 2.30. The molecule has 2 aromatic carbocycles. The lowest BCUT2D eigenvalue weighted by Crippen LogP contribution is -2.34. The smallest absolute Gasteiger partial charge is 0.323 e. The molecule has 0 aromatic heterocycles. The van der Waals surface area contributed by atoms with Crippen molar-refractivity contribution in [2.24, 2.45) is 0 Å². The highest BCUT2D eigenvalue weighted by Gasteiger charge is 2.32. The van der Waals surface area contributed by atoms with Crippen molar-refractivity contribution >= 4 is 35.1 Å². The first-order chi connectivity index (χ1) is 12.1. The Labute approximate surface area is 156 Å². The number of nitrogens with one attached hydrogen (secondary N) is 1. The van der Waals surface area contributed by atoms with E-state index in [1.54, 1.807) is 50.2 Å². The number of amides is 2. The molecule has 7 heteroatoms. The van der Waals surface area contributed by atoms with Crippen LogP contribution >= 0.6 is 23.4 Å². The Balaban J connectivity index is 1.80. The van der Waals surface area contributed by atoms with Crippen LogP contribution in [0.4, 0.5) is 10.5 Å². The SMILES string of the molecule is COc1ccc(C2SCCN2C(=O)Nc2ccc(Cl)cc2)c(OC)c1. The van der Waals surface area contributed by atoms with Gasteiger partial charge in [0.15, 0.2) is 0 Å². The first-order valence-corrected chi connectivity index (χ1v) is 9.22. The third-order valence-electron chi connectivity index (χ3n) is 3.95. The Morgan fingerprint density at radius 2 is 1.96 bits per heavy atom. The molecule has 0 bridgehead atoms. The lowest BCUT2D eigenvalue weighted by Gasteiger charge is -2.26. The molecule has 1 aliphatic heterocycles. The molecule has 1 atom stereocenters. The second kappa shape index (κ2) is 7.89. The van der Waals surface area contributed by atoms with Crippen LogP contribution in [-0.4, -0.2) is 37.4 Å². The maximum Gasteiger partial charge on any atom is 0.323 e. The van der Waals surface area contributed by atoms with Crippen LogP contribution in [0, 0.1) is 0 Å². The van der Waals surface area contributed by atoms with E-state index in [1.807, 2.05) is 23.1 Å². The van der Waals surface area contributed by atoms with Gasteiger partial charge in [-0.3, -0.25) is 0 Å². The highest BCUT2D eigenvalue weighted by atomic mass is 35.5. The molecule has 1 saturated heterocycles. The first kappa shape index (κ1) is 17.8. The van der Waals surface area contributed by atoms with Crippen LogP contribution in [-0.2, 0) is 0 Å². The second-order valence-corrected chi connectivity index (χ2v) is 7.09. The van der Waals surface area contributed by atoms with Crippen LogP contribution < -0.4 is 14.8 Å². The van der Waals surface area contributed by atoms with Crippen molar-refractivity contribution < 1.29 is 14.3 Å². The molecule has 1 N–H and O–H groups in total. The van der Waals surface area contributed by atoms with Gasteiger partial charge in [-0.05, 0) is 36.4 Å².